The van der Waals surface area contributed by atoms with Gasteiger partial charge in [-0.05, 0) is 43.5 Å². The first-order valence-electron chi connectivity index (χ1n) is 7.39. The monoisotopic (exact) mass is 294 g/mol. The molecule has 1 aliphatic rings. The Bertz CT molecular complexity index is 456. The highest BCUT2D eigenvalue weighted by Gasteiger charge is 2.35. The lowest BCUT2D eigenvalue weighted by Gasteiger charge is -2.30. The smallest absolute Gasteiger partial charge is 0.220 e. The number of hydrogen-bond acceptors (Lipinski definition) is 2. The molecular formula is C16H23ClN2O. The van der Waals surface area contributed by atoms with Crippen molar-refractivity contribution in [3.63, 3.8) is 0 Å². The van der Waals surface area contributed by atoms with Crippen LogP contribution in [0.2, 0.25) is 5.02 Å². The number of carbonyl (C=O) groups excluding carboxylic acids is 1. The van der Waals surface area contributed by atoms with Crippen LogP contribution in [0.1, 0.15) is 44.1 Å². The zero-order valence-corrected chi connectivity index (χ0v) is 12.6. The van der Waals surface area contributed by atoms with Gasteiger partial charge in [0.15, 0.2) is 0 Å². The maximum Gasteiger partial charge on any atom is 0.220 e. The Morgan fingerprint density at radius 2 is 2.10 bits per heavy atom. The molecular weight excluding hydrogens is 272 g/mol. The Labute approximate surface area is 125 Å². The van der Waals surface area contributed by atoms with E-state index < -0.39 is 0 Å². The average molecular weight is 295 g/mol. The normalized spacial score (nSPS) is 17.1. The second kappa shape index (κ2) is 7.09. The molecule has 1 saturated carbocycles. The Morgan fingerprint density at radius 1 is 1.35 bits per heavy atom. The fourth-order valence-electron chi connectivity index (χ4n) is 3.06. The first-order valence-corrected chi connectivity index (χ1v) is 7.77. The highest BCUT2D eigenvalue weighted by molar-refractivity contribution is 6.30. The van der Waals surface area contributed by atoms with Gasteiger partial charge in [0.1, 0.15) is 0 Å². The highest BCUT2D eigenvalue weighted by atomic mass is 35.5. The zero-order valence-electron chi connectivity index (χ0n) is 11.8. The standard InChI is InChI=1S/C16H23ClN2O/c17-14-6-3-5-13(11-14)16(8-1-2-9-16)12-19-15(20)7-4-10-18/h3,5-6,11H,1-2,4,7-10,12,18H2,(H,19,20). The second-order valence-electron chi connectivity index (χ2n) is 5.67. The van der Waals surface area contributed by atoms with E-state index >= 15 is 0 Å². The largest absolute Gasteiger partial charge is 0.355 e. The van der Waals surface area contributed by atoms with Gasteiger partial charge < -0.3 is 11.1 Å². The van der Waals surface area contributed by atoms with Crippen molar-refractivity contribution in [2.75, 3.05) is 13.1 Å². The van der Waals surface area contributed by atoms with E-state index in [1.165, 1.54) is 18.4 Å². The molecule has 3 N–H and O–H groups in total. The summed E-state index contributed by atoms with van der Waals surface area (Å²) in [5.74, 6) is 0.101. The summed E-state index contributed by atoms with van der Waals surface area (Å²) in [6, 6.07) is 8.06. The van der Waals surface area contributed by atoms with Crippen LogP contribution in [0.3, 0.4) is 0 Å². The van der Waals surface area contributed by atoms with Gasteiger partial charge in [-0.3, -0.25) is 4.79 Å². The fourth-order valence-corrected chi connectivity index (χ4v) is 3.25. The Hall–Kier alpha value is -1.06. The van der Waals surface area contributed by atoms with Crippen LogP contribution in [0.15, 0.2) is 24.3 Å². The third kappa shape index (κ3) is 3.74. The van der Waals surface area contributed by atoms with E-state index in [0.29, 0.717) is 19.5 Å². The molecule has 0 bridgehead atoms. The molecule has 20 heavy (non-hydrogen) atoms. The number of nitrogens with one attached hydrogen (secondary N) is 1. The number of nitrogens with two attached hydrogens (primary N) is 1. The molecule has 1 fully saturated rings. The van der Waals surface area contributed by atoms with Crippen LogP contribution in [0.25, 0.3) is 0 Å². The molecule has 1 aliphatic carbocycles. The number of carbonyl (C=O) groups is 1. The fraction of sp³-hybridized carbons (Fsp3) is 0.562. The van der Waals surface area contributed by atoms with Crippen LogP contribution in [0.5, 0.6) is 0 Å². The number of hydrogen-bond donors (Lipinski definition) is 2. The van der Waals surface area contributed by atoms with Crippen LogP contribution < -0.4 is 11.1 Å². The topological polar surface area (TPSA) is 55.1 Å². The van der Waals surface area contributed by atoms with E-state index in [2.05, 4.69) is 11.4 Å². The maximum atomic E-state index is 11.8. The molecule has 0 atom stereocenters. The third-order valence-electron chi connectivity index (χ3n) is 4.23. The Balaban J connectivity index is 2.05. The van der Waals surface area contributed by atoms with E-state index in [0.717, 1.165) is 24.3 Å². The Morgan fingerprint density at radius 3 is 2.75 bits per heavy atom. The van der Waals surface area contributed by atoms with Crippen molar-refractivity contribution >= 4 is 17.5 Å². The summed E-state index contributed by atoms with van der Waals surface area (Å²) >= 11 is 6.12. The summed E-state index contributed by atoms with van der Waals surface area (Å²) in [5.41, 5.74) is 6.74. The summed E-state index contributed by atoms with van der Waals surface area (Å²) in [6.07, 6.45) is 5.92. The van der Waals surface area contributed by atoms with E-state index in [1.54, 1.807) is 0 Å². The first-order chi connectivity index (χ1) is 9.66. The predicted molar refractivity (Wildman–Crippen MR) is 82.9 cm³/mol. The number of amides is 1. The van der Waals surface area contributed by atoms with Crippen LogP contribution in [-0.2, 0) is 10.2 Å². The van der Waals surface area contributed by atoms with Crippen molar-refractivity contribution in [1.29, 1.82) is 0 Å². The van der Waals surface area contributed by atoms with Crippen LogP contribution >= 0.6 is 11.6 Å². The summed E-state index contributed by atoms with van der Waals surface area (Å²) in [7, 11) is 0. The van der Waals surface area contributed by atoms with Gasteiger partial charge in [0.2, 0.25) is 5.91 Å². The van der Waals surface area contributed by atoms with E-state index in [-0.39, 0.29) is 11.3 Å². The van der Waals surface area contributed by atoms with Crippen molar-refractivity contribution in [2.45, 2.75) is 43.9 Å². The van der Waals surface area contributed by atoms with E-state index in [1.807, 2.05) is 18.2 Å². The highest BCUT2D eigenvalue weighted by Crippen LogP contribution is 2.41. The SMILES string of the molecule is NCCCC(=O)NCC1(c2cccc(Cl)c2)CCCC1. The lowest BCUT2D eigenvalue weighted by atomic mass is 9.79. The summed E-state index contributed by atoms with van der Waals surface area (Å²) in [4.78, 5) is 11.8. The molecule has 2 rings (SSSR count). The van der Waals surface area contributed by atoms with Crippen molar-refractivity contribution in [1.82, 2.24) is 5.32 Å². The molecule has 0 aliphatic heterocycles. The Kier molecular flexibility index (Phi) is 5.44. The third-order valence-corrected chi connectivity index (χ3v) is 4.46. The molecule has 0 aromatic heterocycles. The van der Waals surface area contributed by atoms with Crippen LogP contribution in [0.4, 0.5) is 0 Å². The molecule has 3 nitrogen and oxygen atoms in total. The van der Waals surface area contributed by atoms with Gasteiger partial charge in [-0.25, -0.2) is 0 Å². The minimum atomic E-state index is 0.0588. The quantitative estimate of drug-likeness (QED) is 0.847. The maximum absolute atomic E-state index is 11.8. The van der Waals surface area contributed by atoms with Gasteiger partial charge in [0, 0.05) is 23.4 Å². The number of halogens is 1. The van der Waals surface area contributed by atoms with Gasteiger partial charge >= 0.3 is 0 Å². The lowest BCUT2D eigenvalue weighted by Crippen LogP contribution is -2.39. The number of rotatable bonds is 6. The molecule has 0 unspecified atom stereocenters. The van der Waals surface area contributed by atoms with Crippen molar-refractivity contribution in [3.05, 3.63) is 34.9 Å². The van der Waals surface area contributed by atoms with Gasteiger partial charge in [0.25, 0.3) is 0 Å². The molecule has 110 valence electrons. The molecule has 0 heterocycles. The molecule has 1 aromatic carbocycles. The molecule has 0 radical (unpaired) electrons. The van der Waals surface area contributed by atoms with Crippen LogP contribution in [0, 0.1) is 0 Å². The van der Waals surface area contributed by atoms with Gasteiger partial charge in [-0.15, -0.1) is 0 Å². The molecule has 0 spiro atoms. The van der Waals surface area contributed by atoms with Crippen molar-refractivity contribution < 1.29 is 4.79 Å². The molecule has 4 heteroatoms. The number of benzene rings is 1. The predicted octanol–water partition coefficient (Wildman–Crippen LogP) is 3.01. The summed E-state index contributed by atoms with van der Waals surface area (Å²) in [5, 5.41) is 3.85. The molecule has 0 saturated heterocycles. The minimum absolute atomic E-state index is 0.0588. The van der Waals surface area contributed by atoms with Gasteiger partial charge in [-0.2, -0.15) is 0 Å². The average Bonchev–Trinajstić information content (AvgIpc) is 2.93. The van der Waals surface area contributed by atoms with E-state index in [9.17, 15) is 4.79 Å². The van der Waals surface area contributed by atoms with Gasteiger partial charge in [0.05, 0.1) is 0 Å². The zero-order chi connectivity index (χ0) is 14.4. The van der Waals surface area contributed by atoms with Gasteiger partial charge in [-0.1, -0.05) is 36.6 Å². The first kappa shape index (κ1) is 15.3. The molecule has 1 aromatic rings. The van der Waals surface area contributed by atoms with E-state index in [4.69, 9.17) is 17.3 Å². The molecule has 1 amide bonds. The van der Waals surface area contributed by atoms with Crippen LogP contribution in [-0.4, -0.2) is 19.0 Å². The van der Waals surface area contributed by atoms with Crippen molar-refractivity contribution in [2.24, 2.45) is 5.73 Å². The summed E-state index contributed by atoms with van der Waals surface area (Å²) < 4.78 is 0. The summed E-state index contributed by atoms with van der Waals surface area (Å²) in [6.45, 7) is 1.27. The van der Waals surface area contributed by atoms with Crippen molar-refractivity contribution in [3.8, 4) is 0 Å². The second-order valence-corrected chi connectivity index (χ2v) is 6.10. The minimum Gasteiger partial charge on any atom is -0.355 e. The lowest BCUT2D eigenvalue weighted by molar-refractivity contribution is -0.121.